The molecule has 4 nitrogen and oxygen atoms in total. The summed E-state index contributed by atoms with van der Waals surface area (Å²) >= 11 is 3.42. The molecule has 1 amide bonds. The maximum atomic E-state index is 12.5. The van der Waals surface area contributed by atoms with E-state index in [1.807, 2.05) is 12.1 Å². The Morgan fingerprint density at radius 1 is 1.43 bits per heavy atom. The first kappa shape index (κ1) is 16.3. The topological polar surface area (TPSA) is 64.3 Å². The van der Waals surface area contributed by atoms with Crippen LogP contribution < -0.4 is 15.8 Å². The van der Waals surface area contributed by atoms with Gasteiger partial charge in [-0.1, -0.05) is 19.3 Å². The molecule has 2 rings (SSSR count). The summed E-state index contributed by atoms with van der Waals surface area (Å²) in [7, 11) is 1.59. The summed E-state index contributed by atoms with van der Waals surface area (Å²) < 4.78 is 5.95. The predicted molar refractivity (Wildman–Crippen MR) is 87.6 cm³/mol. The van der Waals surface area contributed by atoms with E-state index in [2.05, 4.69) is 21.2 Å². The van der Waals surface area contributed by atoms with Crippen molar-refractivity contribution >= 4 is 21.8 Å². The van der Waals surface area contributed by atoms with Crippen molar-refractivity contribution in [2.75, 3.05) is 13.7 Å². The number of rotatable bonds is 5. The zero-order valence-electron chi connectivity index (χ0n) is 12.4. The maximum absolute atomic E-state index is 12.5. The van der Waals surface area contributed by atoms with Gasteiger partial charge in [0, 0.05) is 17.1 Å². The Kier molecular flexibility index (Phi) is 6.06. The molecule has 0 saturated heterocycles. The van der Waals surface area contributed by atoms with Crippen molar-refractivity contribution in [2.45, 2.75) is 38.1 Å². The number of hydrogen-bond donors (Lipinski definition) is 2. The number of ether oxygens (including phenoxy) is 1. The number of halogens is 1. The zero-order valence-corrected chi connectivity index (χ0v) is 14.0. The van der Waals surface area contributed by atoms with Crippen LogP contribution in [0.2, 0.25) is 0 Å². The van der Waals surface area contributed by atoms with Gasteiger partial charge in [0.15, 0.2) is 0 Å². The summed E-state index contributed by atoms with van der Waals surface area (Å²) in [5, 5.41) is 3.10. The number of carbonyl (C=O) groups excluding carboxylic acids is 1. The van der Waals surface area contributed by atoms with Crippen LogP contribution in [-0.2, 0) is 0 Å². The second kappa shape index (κ2) is 7.80. The van der Waals surface area contributed by atoms with Crippen molar-refractivity contribution in [3.8, 4) is 5.75 Å². The predicted octanol–water partition coefficient (Wildman–Crippen LogP) is 3.10. The van der Waals surface area contributed by atoms with E-state index < -0.39 is 0 Å². The van der Waals surface area contributed by atoms with Crippen molar-refractivity contribution in [3.63, 3.8) is 0 Å². The minimum Gasteiger partial charge on any atom is -0.497 e. The third kappa shape index (κ3) is 4.20. The van der Waals surface area contributed by atoms with Crippen LogP contribution in [0, 0.1) is 5.92 Å². The van der Waals surface area contributed by atoms with E-state index in [1.165, 1.54) is 19.3 Å². The molecule has 0 radical (unpaired) electrons. The minimum atomic E-state index is -0.0956. The van der Waals surface area contributed by atoms with Gasteiger partial charge < -0.3 is 15.8 Å². The fraction of sp³-hybridized carbons (Fsp3) is 0.562. The number of carbonyl (C=O) groups is 1. The summed E-state index contributed by atoms with van der Waals surface area (Å²) in [6, 6.07) is 5.44. The first-order valence-corrected chi connectivity index (χ1v) is 8.29. The van der Waals surface area contributed by atoms with E-state index in [1.54, 1.807) is 13.2 Å². The van der Waals surface area contributed by atoms with Crippen LogP contribution in [0.5, 0.6) is 5.75 Å². The van der Waals surface area contributed by atoms with E-state index in [9.17, 15) is 4.79 Å². The molecule has 1 unspecified atom stereocenters. The van der Waals surface area contributed by atoms with E-state index in [0.717, 1.165) is 17.3 Å². The number of benzene rings is 1. The molecular weight excluding hydrogens is 332 g/mol. The molecular formula is C16H23BrN2O2. The van der Waals surface area contributed by atoms with Crippen LogP contribution in [0.15, 0.2) is 22.7 Å². The molecule has 0 bridgehead atoms. The summed E-state index contributed by atoms with van der Waals surface area (Å²) in [5.41, 5.74) is 6.46. The maximum Gasteiger partial charge on any atom is 0.252 e. The van der Waals surface area contributed by atoms with Crippen molar-refractivity contribution < 1.29 is 9.53 Å². The van der Waals surface area contributed by atoms with Crippen LogP contribution in [0.3, 0.4) is 0 Å². The number of hydrogen-bond acceptors (Lipinski definition) is 3. The second-order valence-corrected chi connectivity index (χ2v) is 6.41. The SMILES string of the molecule is COc1ccc(Br)c(C(=O)NC(CN)C2CCCCC2)c1. The Bertz CT molecular complexity index is 487. The minimum absolute atomic E-state index is 0.0518. The van der Waals surface area contributed by atoms with Crippen LogP contribution >= 0.6 is 15.9 Å². The number of nitrogens with one attached hydrogen (secondary N) is 1. The summed E-state index contributed by atoms with van der Waals surface area (Å²) in [6.07, 6.45) is 6.08. The molecule has 0 aromatic heterocycles. The van der Waals surface area contributed by atoms with Gasteiger partial charge >= 0.3 is 0 Å². The third-order valence-electron chi connectivity index (χ3n) is 4.21. The largest absolute Gasteiger partial charge is 0.497 e. The van der Waals surface area contributed by atoms with E-state index in [0.29, 0.717) is 23.8 Å². The van der Waals surface area contributed by atoms with Gasteiger partial charge in [0.25, 0.3) is 5.91 Å². The summed E-state index contributed by atoms with van der Waals surface area (Å²) in [4.78, 5) is 12.5. The molecule has 1 atom stereocenters. The highest BCUT2D eigenvalue weighted by Crippen LogP contribution is 2.27. The molecule has 5 heteroatoms. The van der Waals surface area contributed by atoms with Gasteiger partial charge in [0.05, 0.1) is 12.7 Å². The Morgan fingerprint density at radius 2 is 2.14 bits per heavy atom. The van der Waals surface area contributed by atoms with Crippen molar-refractivity contribution in [3.05, 3.63) is 28.2 Å². The van der Waals surface area contributed by atoms with Gasteiger partial charge in [0.2, 0.25) is 0 Å². The van der Waals surface area contributed by atoms with E-state index in [4.69, 9.17) is 10.5 Å². The first-order valence-electron chi connectivity index (χ1n) is 7.50. The first-order chi connectivity index (χ1) is 10.2. The lowest BCUT2D eigenvalue weighted by molar-refractivity contribution is 0.0914. The van der Waals surface area contributed by atoms with Gasteiger partial charge in [-0.05, 0) is 52.9 Å². The third-order valence-corrected chi connectivity index (χ3v) is 4.90. The lowest BCUT2D eigenvalue weighted by Crippen LogP contribution is -2.46. The smallest absolute Gasteiger partial charge is 0.252 e. The van der Waals surface area contributed by atoms with Gasteiger partial charge in [-0.2, -0.15) is 0 Å². The normalized spacial score (nSPS) is 17.3. The molecule has 1 aliphatic rings. The molecule has 1 fully saturated rings. The van der Waals surface area contributed by atoms with E-state index in [-0.39, 0.29) is 11.9 Å². The highest BCUT2D eigenvalue weighted by atomic mass is 79.9. The Morgan fingerprint density at radius 3 is 2.76 bits per heavy atom. The zero-order chi connectivity index (χ0) is 15.2. The highest BCUT2D eigenvalue weighted by Gasteiger charge is 2.25. The van der Waals surface area contributed by atoms with Gasteiger partial charge in [-0.25, -0.2) is 0 Å². The fourth-order valence-corrected chi connectivity index (χ4v) is 3.38. The quantitative estimate of drug-likeness (QED) is 0.853. The van der Waals surface area contributed by atoms with Gasteiger partial charge in [-0.3, -0.25) is 4.79 Å². The van der Waals surface area contributed by atoms with Crippen LogP contribution in [0.1, 0.15) is 42.5 Å². The fourth-order valence-electron chi connectivity index (χ4n) is 2.96. The molecule has 1 aromatic rings. The summed E-state index contributed by atoms with van der Waals surface area (Å²) in [6.45, 7) is 0.484. The van der Waals surface area contributed by atoms with Crippen molar-refractivity contribution in [2.24, 2.45) is 11.7 Å². The van der Waals surface area contributed by atoms with Crippen LogP contribution in [0.25, 0.3) is 0 Å². The lowest BCUT2D eigenvalue weighted by Gasteiger charge is -2.30. The molecule has 1 saturated carbocycles. The Labute approximate surface area is 134 Å². The molecule has 0 aliphatic heterocycles. The number of nitrogens with two attached hydrogens (primary N) is 1. The van der Waals surface area contributed by atoms with Crippen LogP contribution in [0.4, 0.5) is 0 Å². The monoisotopic (exact) mass is 354 g/mol. The molecule has 21 heavy (non-hydrogen) atoms. The van der Waals surface area contributed by atoms with Gasteiger partial charge in [0.1, 0.15) is 5.75 Å². The average molecular weight is 355 g/mol. The molecule has 1 aliphatic carbocycles. The van der Waals surface area contributed by atoms with Gasteiger partial charge in [-0.15, -0.1) is 0 Å². The molecule has 1 aromatic carbocycles. The standard InChI is InChI=1S/C16H23BrN2O2/c1-21-12-7-8-14(17)13(9-12)16(20)19-15(10-18)11-5-3-2-4-6-11/h7-9,11,15H,2-6,10,18H2,1H3,(H,19,20). The Balaban J connectivity index is 2.08. The number of amides is 1. The second-order valence-electron chi connectivity index (χ2n) is 5.56. The molecule has 3 N–H and O–H groups in total. The van der Waals surface area contributed by atoms with Crippen LogP contribution in [-0.4, -0.2) is 25.6 Å². The molecule has 0 spiro atoms. The summed E-state index contributed by atoms with van der Waals surface area (Å²) in [5.74, 6) is 1.07. The molecule has 116 valence electrons. The highest BCUT2D eigenvalue weighted by molar-refractivity contribution is 9.10. The van der Waals surface area contributed by atoms with Crippen molar-refractivity contribution in [1.29, 1.82) is 0 Å². The molecule has 0 heterocycles. The van der Waals surface area contributed by atoms with Crippen molar-refractivity contribution in [1.82, 2.24) is 5.32 Å². The average Bonchev–Trinajstić information content (AvgIpc) is 2.53. The van der Waals surface area contributed by atoms with E-state index >= 15 is 0 Å². The number of methoxy groups -OCH3 is 1. The lowest BCUT2D eigenvalue weighted by atomic mass is 9.84. The Hall–Kier alpha value is -1.07.